The molecular weight excluding hydrogens is 677 g/mol. The second-order valence-electron chi connectivity index (χ2n) is 15.1. The fraction of sp³-hybridized carbons (Fsp3) is 0.261. The van der Waals surface area contributed by atoms with Crippen LogP contribution in [0.25, 0.3) is 33.4 Å². The molecule has 0 heterocycles. The number of hydrogen-bond donors (Lipinski definition) is 6. The van der Waals surface area contributed by atoms with Crippen molar-refractivity contribution in [2.24, 2.45) is 11.8 Å². The van der Waals surface area contributed by atoms with E-state index in [4.69, 9.17) is 0 Å². The number of allylic oxidation sites excluding steroid dienone is 4. The number of aliphatic hydroxyl groups excluding tert-OH is 2. The first-order chi connectivity index (χ1) is 25.5. The van der Waals surface area contributed by atoms with Crippen LogP contribution in [0.1, 0.15) is 83.3 Å². The maximum absolute atomic E-state index is 14.0. The summed E-state index contributed by atoms with van der Waals surface area (Å²) in [5, 5.41) is 53.9. The first-order valence-corrected chi connectivity index (χ1v) is 18.2. The average molecular weight is 725 g/mol. The van der Waals surface area contributed by atoms with Crippen molar-refractivity contribution < 1.29 is 30.0 Å². The van der Waals surface area contributed by atoms with Crippen LogP contribution in [0.15, 0.2) is 72.4 Å². The van der Waals surface area contributed by atoms with Crippen molar-refractivity contribution in [3.05, 3.63) is 128 Å². The van der Waals surface area contributed by atoms with Crippen molar-refractivity contribution in [3.63, 3.8) is 0 Å². The predicted octanol–water partition coefficient (Wildman–Crippen LogP) is 10.5. The predicted molar refractivity (Wildman–Crippen MR) is 219 cm³/mol. The molecule has 4 aromatic carbocycles. The molecule has 2 aliphatic carbocycles. The van der Waals surface area contributed by atoms with E-state index in [1.165, 1.54) is 12.4 Å². The molecule has 6 rings (SSSR count). The van der Waals surface area contributed by atoms with Crippen LogP contribution in [0.4, 0.5) is 11.4 Å². The molecule has 0 aromatic heterocycles. The van der Waals surface area contributed by atoms with Gasteiger partial charge in [0.05, 0.1) is 11.1 Å². The van der Waals surface area contributed by atoms with E-state index in [0.717, 1.165) is 33.6 Å². The summed E-state index contributed by atoms with van der Waals surface area (Å²) in [6.45, 7) is 19.0. The molecule has 6 N–H and O–H groups in total. The van der Waals surface area contributed by atoms with Crippen molar-refractivity contribution in [1.29, 1.82) is 0 Å². The van der Waals surface area contributed by atoms with Crippen LogP contribution in [-0.2, 0) is 9.59 Å². The molecule has 0 saturated carbocycles. The first-order valence-electron chi connectivity index (χ1n) is 18.2. The van der Waals surface area contributed by atoms with E-state index in [1.54, 1.807) is 13.8 Å². The summed E-state index contributed by atoms with van der Waals surface area (Å²) in [4.78, 5) is 27.9. The molecule has 8 heteroatoms. The maximum Gasteiger partial charge on any atom is 0.229 e. The summed E-state index contributed by atoms with van der Waals surface area (Å²) >= 11 is 0. The highest BCUT2D eigenvalue weighted by Gasteiger charge is 2.38. The molecule has 0 fully saturated rings. The zero-order valence-corrected chi connectivity index (χ0v) is 32.5. The normalized spacial score (nSPS) is 15.9. The van der Waals surface area contributed by atoms with Gasteiger partial charge in [0.15, 0.2) is 11.5 Å². The monoisotopic (exact) mass is 724 g/mol. The molecule has 0 aliphatic heterocycles. The lowest BCUT2D eigenvalue weighted by molar-refractivity contribution is -0.113. The third kappa shape index (κ3) is 6.05. The van der Waals surface area contributed by atoms with E-state index < -0.39 is 11.6 Å². The number of fused-ring (bicyclic) bond motifs is 2. The number of rotatable bonds is 7. The smallest absolute Gasteiger partial charge is 0.229 e. The van der Waals surface area contributed by atoms with E-state index in [1.807, 2.05) is 104 Å². The van der Waals surface area contributed by atoms with Crippen molar-refractivity contribution >= 4 is 45.2 Å². The van der Waals surface area contributed by atoms with Crippen LogP contribution in [0.2, 0.25) is 0 Å². The van der Waals surface area contributed by atoms with E-state index >= 15 is 0 Å². The number of anilines is 2. The molecule has 0 atom stereocenters. The van der Waals surface area contributed by atoms with Gasteiger partial charge in [0.2, 0.25) is 11.6 Å². The number of carbonyl (C=O) groups is 2. The van der Waals surface area contributed by atoms with Gasteiger partial charge in [-0.2, -0.15) is 0 Å². The SMILES string of the molecule is Cc1cccc(NC=C2C(=O)C(O)=C(C(C)C)c3cc(C)c(-c4c(C)cc5c(c4O)C(=CNc4cccc(C)c4C)C(=O)C(O)=C5C(C)C)c(O)c32)c1C. The topological polar surface area (TPSA) is 139 Å². The Bertz CT molecular complexity index is 2250. The van der Waals surface area contributed by atoms with Crippen LogP contribution < -0.4 is 10.6 Å². The second-order valence-corrected chi connectivity index (χ2v) is 15.1. The van der Waals surface area contributed by atoms with Gasteiger partial charge in [-0.05, 0) is 110 Å². The number of aryl methyl sites for hydroxylation is 4. The van der Waals surface area contributed by atoms with Gasteiger partial charge in [0, 0.05) is 57.2 Å². The van der Waals surface area contributed by atoms with E-state index in [-0.39, 0.29) is 68.3 Å². The number of benzene rings is 4. The number of nitrogens with one attached hydrogen (secondary N) is 2. The Labute approximate surface area is 316 Å². The molecule has 0 radical (unpaired) electrons. The van der Waals surface area contributed by atoms with Crippen molar-refractivity contribution in [1.82, 2.24) is 0 Å². The van der Waals surface area contributed by atoms with E-state index in [0.29, 0.717) is 33.4 Å². The lowest BCUT2D eigenvalue weighted by Crippen LogP contribution is -2.20. The highest BCUT2D eigenvalue weighted by atomic mass is 16.3. The first kappa shape index (κ1) is 37.7. The highest BCUT2D eigenvalue weighted by Crippen LogP contribution is 2.53. The quantitative estimate of drug-likeness (QED) is 0.104. The molecule has 0 unspecified atom stereocenters. The zero-order chi connectivity index (χ0) is 39.5. The second kappa shape index (κ2) is 14.1. The molecule has 8 nitrogen and oxygen atoms in total. The Morgan fingerprint density at radius 2 is 0.870 bits per heavy atom. The molecule has 278 valence electrons. The Morgan fingerprint density at radius 1 is 0.519 bits per heavy atom. The summed E-state index contributed by atoms with van der Waals surface area (Å²) in [5.41, 5.74) is 9.71. The standard InChI is InChI=1S/C46H48N2O6/c1-21(2)35-29-17-25(7)37(43(51)39(29)31(41(49)45(35)53)19-47-33-15-11-13-23(5)27(33)9)38-26(8)18-30-36(22(3)4)46(54)42(50)32(40(30)44(38)52)20-48-34-16-12-14-24(6)28(34)10/h11-22,47-48,51-54H,1-10H3. The number of phenols is 2. The summed E-state index contributed by atoms with van der Waals surface area (Å²) in [6.07, 6.45) is 3.02. The number of aliphatic hydroxyl groups is 2. The van der Waals surface area contributed by atoms with Crippen LogP contribution in [0, 0.1) is 53.4 Å². The van der Waals surface area contributed by atoms with Crippen molar-refractivity contribution in [2.45, 2.75) is 69.2 Å². The summed E-state index contributed by atoms with van der Waals surface area (Å²) in [7, 11) is 0. The largest absolute Gasteiger partial charge is 0.507 e. The van der Waals surface area contributed by atoms with Gasteiger partial charge >= 0.3 is 0 Å². The molecule has 54 heavy (non-hydrogen) atoms. The Kier molecular flexibility index (Phi) is 9.84. The van der Waals surface area contributed by atoms with E-state index in [2.05, 4.69) is 10.6 Å². The minimum atomic E-state index is -0.643. The van der Waals surface area contributed by atoms with Gasteiger partial charge in [0.25, 0.3) is 0 Å². The van der Waals surface area contributed by atoms with Gasteiger partial charge in [0.1, 0.15) is 11.5 Å². The van der Waals surface area contributed by atoms with Crippen molar-refractivity contribution in [2.75, 3.05) is 10.6 Å². The number of aromatic hydroxyl groups is 2. The average Bonchev–Trinajstić information content (AvgIpc) is 3.10. The molecule has 0 amide bonds. The number of phenolic OH excluding ortho intramolecular Hbond substituents is 2. The van der Waals surface area contributed by atoms with Crippen LogP contribution in [0.5, 0.6) is 11.5 Å². The molecule has 2 aliphatic rings. The van der Waals surface area contributed by atoms with Crippen LogP contribution in [-0.4, -0.2) is 32.0 Å². The lowest BCUT2D eigenvalue weighted by Gasteiger charge is -2.29. The minimum Gasteiger partial charge on any atom is -0.507 e. The summed E-state index contributed by atoms with van der Waals surface area (Å²) in [6, 6.07) is 15.2. The fourth-order valence-electron chi connectivity index (χ4n) is 7.74. The number of hydrogen-bond acceptors (Lipinski definition) is 8. The van der Waals surface area contributed by atoms with Gasteiger partial charge in [-0.25, -0.2) is 0 Å². The molecule has 0 spiro atoms. The fourth-order valence-corrected chi connectivity index (χ4v) is 7.74. The van der Waals surface area contributed by atoms with Crippen LogP contribution in [0.3, 0.4) is 0 Å². The van der Waals surface area contributed by atoms with Gasteiger partial charge < -0.3 is 31.1 Å². The minimum absolute atomic E-state index is 0.0603. The third-order valence-corrected chi connectivity index (χ3v) is 10.9. The molecule has 0 saturated heterocycles. The van der Waals surface area contributed by atoms with Crippen molar-refractivity contribution in [3.8, 4) is 22.6 Å². The lowest BCUT2D eigenvalue weighted by atomic mass is 9.75. The van der Waals surface area contributed by atoms with Gasteiger partial charge in [-0.3, -0.25) is 9.59 Å². The maximum atomic E-state index is 14.0. The molecule has 0 bridgehead atoms. The summed E-state index contributed by atoms with van der Waals surface area (Å²) in [5.74, 6) is -3.08. The van der Waals surface area contributed by atoms with Gasteiger partial charge in [-0.1, -0.05) is 64.1 Å². The Morgan fingerprint density at radius 3 is 1.20 bits per heavy atom. The zero-order valence-electron chi connectivity index (χ0n) is 32.5. The van der Waals surface area contributed by atoms with E-state index in [9.17, 15) is 30.0 Å². The number of Topliss-reactive ketones (excluding diaryl/α,β-unsaturated/α-hetero) is 2. The number of carbonyl (C=O) groups excluding carboxylic acids is 2. The Hall–Kier alpha value is -6.02. The highest BCUT2D eigenvalue weighted by molar-refractivity contribution is 6.35. The van der Waals surface area contributed by atoms with Crippen LogP contribution >= 0.6 is 0 Å². The molecule has 4 aromatic rings. The third-order valence-electron chi connectivity index (χ3n) is 10.9. The van der Waals surface area contributed by atoms with Gasteiger partial charge in [-0.15, -0.1) is 0 Å². The Balaban J connectivity index is 1.64. The molecular formula is C46H48N2O6. The summed E-state index contributed by atoms with van der Waals surface area (Å²) < 4.78 is 0. The number of ketones is 2.